The van der Waals surface area contributed by atoms with Crippen LogP contribution >= 0.6 is 0 Å². The molecular formula is C16H24N2O. The van der Waals surface area contributed by atoms with Gasteiger partial charge in [0.25, 0.3) is 0 Å². The first kappa shape index (κ1) is 13.9. The van der Waals surface area contributed by atoms with Crippen LogP contribution in [0.5, 0.6) is 0 Å². The molecule has 1 aromatic rings. The van der Waals surface area contributed by atoms with Gasteiger partial charge in [0, 0.05) is 6.54 Å². The van der Waals surface area contributed by atoms with Crippen molar-refractivity contribution < 1.29 is 4.79 Å². The number of fused-ring (bicyclic) bond motifs is 1. The minimum Gasteiger partial charge on any atom is -0.372 e. The van der Waals surface area contributed by atoms with Gasteiger partial charge in [0.15, 0.2) is 0 Å². The number of carbonyl (C=O) groups excluding carboxylic acids is 1. The zero-order valence-electron chi connectivity index (χ0n) is 12.0. The number of hydrogen-bond acceptors (Lipinski definition) is 2. The number of para-hydroxylation sites is 2. The number of nitrogens with one attached hydrogen (secondary N) is 1. The van der Waals surface area contributed by atoms with Crippen LogP contribution in [0.2, 0.25) is 0 Å². The van der Waals surface area contributed by atoms with E-state index in [1.165, 1.54) is 25.7 Å². The van der Waals surface area contributed by atoms with Crippen LogP contribution in [0, 0.1) is 0 Å². The summed E-state index contributed by atoms with van der Waals surface area (Å²) in [6.45, 7) is 4.99. The van der Waals surface area contributed by atoms with E-state index in [2.05, 4.69) is 12.2 Å². The second-order valence-electron chi connectivity index (χ2n) is 5.29. The van der Waals surface area contributed by atoms with E-state index in [1.807, 2.05) is 36.1 Å². The SMILES string of the molecule is CCCCCCCN1C(=O)C(C)Nc2ccccc21. The van der Waals surface area contributed by atoms with E-state index in [1.54, 1.807) is 0 Å². The summed E-state index contributed by atoms with van der Waals surface area (Å²) in [6, 6.07) is 7.95. The molecule has 0 spiro atoms. The van der Waals surface area contributed by atoms with Crippen molar-refractivity contribution in [3.8, 4) is 0 Å². The van der Waals surface area contributed by atoms with E-state index < -0.39 is 0 Å². The van der Waals surface area contributed by atoms with Crippen LogP contribution in [0.25, 0.3) is 0 Å². The summed E-state index contributed by atoms with van der Waals surface area (Å²) >= 11 is 0. The standard InChI is InChI=1S/C16H24N2O/c1-3-4-5-6-9-12-18-15-11-8-7-10-14(15)17-13(2)16(18)19/h7-8,10-11,13,17H,3-6,9,12H2,1-2H3. The topological polar surface area (TPSA) is 32.3 Å². The van der Waals surface area contributed by atoms with Crippen LogP contribution < -0.4 is 10.2 Å². The Morgan fingerprint density at radius 2 is 1.89 bits per heavy atom. The minimum absolute atomic E-state index is 0.120. The van der Waals surface area contributed by atoms with Gasteiger partial charge in [-0.3, -0.25) is 4.79 Å². The Morgan fingerprint density at radius 3 is 2.68 bits per heavy atom. The zero-order valence-corrected chi connectivity index (χ0v) is 12.0. The molecule has 0 saturated heterocycles. The lowest BCUT2D eigenvalue weighted by atomic mass is 10.1. The fourth-order valence-electron chi connectivity index (χ4n) is 2.58. The Labute approximate surface area is 116 Å². The Bertz CT molecular complexity index is 431. The van der Waals surface area contributed by atoms with E-state index in [4.69, 9.17) is 0 Å². The molecule has 3 nitrogen and oxygen atoms in total. The van der Waals surface area contributed by atoms with Crippen molar-refractivity contribution in [2.45, 2.75) is 52.0 Å². The predicted octanol–water partition coefficient (Wildman–Crippen LogP) is 3.80. The summed E-state index contributed by atoms with van der Waals surface area (Å²) in [7, 11) is 0. The van der Waals surface area contributed by atoms with Gasteiger partial charge in [0.05, 0.1) is 11.4 Å². The Morgan fingerprint density at radius 1 is 1.16 bits per heavy atom. The molecule has 0 fully saturated rings. The Balaban J connectivity index is 2.00. The van der Waals surface area contributed by atoms with Crippen LogP contribution in [0.3, 0.4) is 0 Å². The second-order valence-corrected chi connectivity index (χ2v) is 5.29. The lowest BCUT2D eigenvalue weighted by molar-refractivity contribution is -0.119. The number of unbranched alkanes of at least 4 members (excludes halogenated alkanes) is 4. The highest BCUT2D eigenvalue weighted by Crippen LogP contribution is 2.31. The highest BCUT2D eigenvalue weighted by molar-refractivity contribution is 6.04. The van der Waals surface area contributed by atoms with Crippen molar-refractivity contribution in [2.24, 2.45) is 0 Å². The van der Waals surface area contributed by atoms with Gasteiger partial charge in [-0.05, 0) is 25.5 Å². The zero-order chi connectivity index (χ0) is 13.7. The molecule has 0 bridgehead atoms. The van der Waals surface area contributed by atoms with E-state index >= 15 is 0 Å². The van der Waals surface area contributed by atoms with Crippen molar-refractivity contribution in [2.75, 3.05) is 16.8 Å². The molecule has 1 heterocycles. The lowest BCUT2D eigenvalue weighted by Crippen LogP contribution is -2.46. The maximum absolute atomic E-state index is 12.3. The van der Waals surface area contributed by atoms with E-state index in [9.17, 15) is 4.79 Å². The van der Waals surface area contributed by atoms with Crippen LogP contribution in [-0.2, 0) is 4.79 Å². The fourth-order valence-corrected chi connectivity index (χ4v) is 2.58. The third-order valence-electron chi connectivity index (χ3n) is 3.69. The molecule has 0 saturated carbocycles. The first-order valence-electron chi connectivity index (χ1n) is 7.41. The van der Waals surface area contributed by atoms with Crippen molar-refractivity contribution in [1.29, 1.82) is 0 Å². The number of carbonyl (C=O) groups is 1. The minimum atomic E-state index is -0.120. The molecule has 1 N–H and O–H groups in total. The molecule has 1 amide bonds. The van der Waals surface area contributed by atoms with Crippen molar-refractivity contribution >= 4 is 17.3 Å². The number of amides is 1. The van der Waals surface area contributed by atoms with Gasteiger partial charge in [-0.1, -0.05) is 44.7 Å². The molecule has 1 aliphatic rings. The normalized spacial score (nSPS) is 18.1. The fraction of sp³-hybridized carbons (Fsp3) is 0.562. The Hall–Kier alpha value is -1.51. The first-order valence-corrected chi connectivity index (χ1v) is 7.41. The van der Waals surface area contributed by atoms with Crippen LogP contribution in [0.4, 0.5) is 11.4 Å². The average molecular weight is 260 g/mol. The van der Waals surface area contributed by atoms with Crippen LogP contribution in [0.1, 0.15) is 46.0 Å². The summed E-state index contributed by atoms with van der Waals surface area (Å²) in [5, 5.41) is 3.26. The summed E-state index contributed by atoms with van der Waals surface area (Å²) in [4.78, 5) is 14.2. The summed E-state index contributed by atoms with van der Waals surface area (Å²) < 4.78 is 0. The molecule has 1 atom stereocenters. The molecular weight excluding hydrogens is 236 g/mol. The van der Waals surface area contributed by atoms with Crippen molar-refractivity contribution in [1.82, 2.24) is 0 Å². The summed E-state index contributed by atoms with van der Waals surface area (Å²) in [6.07, 6.45) is 6.12. The van der Waals surface area contributed by atoms with Gasteiger partial charge in [-0.2, -0.15) is 0 Å². The van der Waals surface area contributed by atoms with Crippen LogP contribution in [-0.4, -0.2) is 18.5 Å². The van der Waals surface area contributed by atoms with E-state index in [0.29, 0.717) is 0 Å². The molecule has 2 rings (SSSR count). The summed E-state index contributed by atoms with van der Waals surface area (Å²) in [5.41, 5.74) is 2.10. The van der Waals surface area contributed by atoms with Gasteiger partial charge in [-0.25, -0.2) is 0 Å². The molecule has 0 aliphatic carbocycles. The first-order chi connectivity index (χ1) is 9.24. The largest absolute Gasteiger partial charge is 0.372 e. The maximum atomic E-state index is 12.3. The van der Waals surface area contributed by atoms with Gasteiger partial charge in [0.2, 0.25) is 5.91 Å². The smallest absolute Gasteiger partial charge is 0.249 e. The van der Waals surface area contributed by atoms with Crippen molar-refractivity contribution in [3.05, 3.63) is 24.3 Å². The number of nitrogens with zero attached hydrogens (tertiary/aromatic N) is 1. The molecule has 3 heteroatoms. The monoisotopic (exact) mass is 260 g/mol. The third-order valence-corrected chi connectivity index (χ3v) is 3.69. The van der Waals surface area contributed by atoms with E-state index in [-0.39, 0.29) is 11.9 Å². The number of benzene rings is 1. The van der Waals surface area contributed by atoms with Crippen molar-refractivity contribution in [3.63, 3.8) is 0 Å². The molecule has 19 heavy (non-hydrogen) atoms. The number of hydrogen-bond donors (Lipinski definition) is 1. The quantitative estimate of drug-likeness (QED) is 0.789. The van der Waals surface area contributed by atoms with Gasteiger partial charge in [-0.15, -0.1) is 0 Å². The number of rotatable bonds is 6. The van der Waals surface area contributed by atoms with E-state index in [0.717, 1.165) is 24.3 Å². The van der Waals surface area contributed by atoms with Gasteiger partial charge >= 0.3 is 0 Å². The third kappa shape index (κ3) is 3.28. The molecule has 0 aromatic heterocycles. The Kier molecular flexibility index (Phi) is 4.83. The molecule has 1 unspecified atom stereocenters. The number of anilines is 2. The molecule has 1 aromatic carbocycles. The van der Waals surface area contributed by atoms with Gasteiger partial charge in [0.1, 0.15) is 6.04 Å². The molecule has 0 radical (unpaired) electrons. The predicted molar refractivity (Wildman–Crippen MR) is 80.6 cm³/mol. The highest BCUT2D eigenvalue weighted by atomic mass is 16.2. The van der Waals surface area contributed by atoms with Gasteiger partial charge < -0.3 is 10.2 Å². The molecule has 104 valence electrons. The molecule has 1 aliphatic heterocycles. The maximum Gasteiger partial charge on any atom is 0.249 e. The second kappa shape index (κ2) is 6.60. The summed E-state index contributed by atoms with van der Waals surface area (Å²) in [5.74, 6) is 0.189. The highest BCUT2D eigenvalue weighted by Gasteiger charge is 2.28. The average Bonchev–Trinajstić information content (AvgIpc) is 2.42. The van der Waals surface area contributed by atoms with Crippen LogP contribution in [0.15, 0.2) is 24.3 Å². The lowest BCUT2D eigenvalue weighted by Gasteiger charge is -2.34.